The first kappa shape index (κ1) is 17.8. The summed E-state index contributed by atoms with van der Waals surface area (Å²) in [5.74, 6) is -1.26. The summed E-state index contributed by atoms with van der Waals surface area (Å²) in [6.45, 7) is 0. The van der Waals surface area contributed by atoms with Gasteiger partial charge in [0.15, 0.2) is 18.3 Å². The molecule has 23 heavy (non-hydrogen) atoms. The van der Waals surface area contributed by atoms with E-state index in [-0.39, 0.29) is 0 Å². The smallest absolute Gasteiger partial charge is 0.415 e. The average molecular weight is 346 g/mol. The van der Waals surface area contributed by atoms with E-state index in [1.807, 2.05) is 0 Å². The lowest BCUT2D eigenvalue weighted by Crippen LogP contribution is -2.42. The van der Waals surface area contributed by atoms with Crippen LogP contribution in [0, 0.1) is 0 Å². The Morgan fingerprint density at radius 3 is 2.00 bits per heavy atom. The topological polar surface area (TPSA) is 44.8 Å². The maximum atomic E-state index is 12.5. The van der Waals surface area contributed by atoms with Gasteiger partial charge in [-0.3, -0.25) is 0 Å². The Kier molecular flexibility index (Phi) is 5.04. The zero-order valence-corrected chi connectivity index (χ0v) is 11.4. The fraction of sp³-hybridized carbons (Fsp3) is 0.615. The van der Waals surface area contributed by atoms with E-state index < -0.39 is 55.8 Å². The van der Waals surface area contributed by atoms with E-state index in [2.05, 4.69) is 14.2 Å². The number of carbonyl (C=O) groups is 1. The summed E-state index contributed by atoms with van der Waals surface area (Å²) in [4.78, 5) is 11.7. The first-order chi connectivity index (χ1) is 10.6. The van der Waals surface area contributed by atoms with Crippen molar-refractivity contribution in [3.63, 3.8) is 0 Å². The predicted octanol–water partition coefficient (Wildman–Crippen LogP) is 3.04. The molecular formula is C13H12F6O4. The molecule has 0 N–H and O–H groups in total. The normalized spacial score (nSPS) is 31.9. The van der Waals surface area contributed by atoms with E-state index in [9.17, 15) is 31.1 Å². The summed E-state index contributed by atoms with van der Waals surface area (Å²) in [5, 5.41) is 0. The molecule has 0 fully saturated rings. The molecule has 0 aromatic carbocycles. The van der Waals surface area contributed by atoms with Crippen LogP contribution < -0.4 is 0 Å². The number of carbonyl (C=O) groups excluding carboxylic acids is 1. The van der Waals surface area contributed by atoms with Gasteiger partial charge < -0.3 is 14.2 Å². The van der Waals surface area contributed by atoms with E-state index in [4.69, 9.17) is 0 Å². The molecule has 4 nitrogen and oxygen atoms in total. The van der Waals surface area contributed by atoms with Gasteiger partial charge in [0, 0.05) is 12.8 Å². The van der Waals surface area contributed by atoms with Crippen molar-refractivity contribution in [3.8, 4) is 0 Å². The molecular weight excluding hydrogens is 334 g/mol. The summed E-state index contributed by atoms with van der Waals surface area (Å²) in [6, 6.07) is 0. The van der Waals surface area contributed by atoms with Crippen molar-refractivity contribution >= 4 is 5.97 Å². The predicted molar refractivity (Wildman–Crippen MR) is 63.0 cm³/mol. The molecule has 0 spiro atoms. The van der Waals surface area contributed by atoms with Crippen LogP contribution in [-0.2, 0) is 19.0 Å². The Labute approximate surface area is 126 Å². The minimum Gasteiger partial charge on any atom is -0.430 e. The number of ether oxygens (including phenoxy) is 3. The Hall–Kier alpha value is -1.55. The van der Waals surface area contributed by atoms with Gasteiger partial charge in [0.25, 0.3) is 0 Å². The number of halogens is 6. The summed E-state index contributed by atoms with van der Waals surface area (Å²) in [5.41, 5.74) is 0. The van der Waals surface area contributed by atoms with Crippen LogP contribution in [0.3, 0.4) is 0 Å². The van der Waals surface area contributed by atoms with Crippen LogP contribution in [0.1, 0.15) is 12.8 Å². The highest BCUT2D eigenvalue weighted by atomic mass is 19.4. The van der Waals surface area contributed by atoms with Crippen molar-refractivity contribution in [1.29, 1.82) is 0 Å². The Morgan fingerprint density at radius 1 is 0.913 bits per heavy atom. The second kappa shape index (κ2) is 6.52. The third-order valence-corrected chi connectivity index (χ3v) is 3.11. The van der Waals surface area contributed by atoms with Crippen molar-refractivity contribution in [1.82, 2.24) is 0 Å². The zero-order valence-electron chi connectivity index (χ0n) is 11.4. The van der Waals surface area contributed by atoms with Crippen LogP contribution in [0.5, 0.6) is 0 Å². The van der Waals surface area contributed by atoms with Gasteiger partial charge in [-0.2, -0.15) is 26.3 Å². The molecule has 0 saturated heterocycles. The molecule has 0 saturated carbocycles. The van der Waals surface area contributed by atoms with E-state index in [0.29, 0.717) is 0 Å². The van der Waals surface area contributed by atoms with E-state index in [0.717, 1.165) is 24.3 Å². The van der Waals surface area contributed by atoms with Crippen molar-refractivity contribution in [3.05, 3.63) is 24.3 Å². The van der Waals surface area contributed by atoms with Crippen LogP contribution in [0.25, 0.3) is 0 Å². The second-order valence-electron chi connectivity index (χ2n) is 4.89. The molecule has 10 heteroatoms. The minimum atomic E-state index is -4.66. The number of rotatable bonds is 2. The monoisotopic (exact) mass is 346 g/mol. The van der Waals surface area contributed by atoms with Gasteiger partial charge in [-0.15, -0.1) is 0 Å². The van der Waals surface area contributed by atoms with Crippen molar-refractivity contribution in [2.45, 2.75) is 49.8 Å². The van der Waals surface area contributed by atoms with Crippen LogP contribution >= 0.6 is 0 Å². The fourth-order valence-corrected chi connectivity index (χ4v) is 1.98. The highest BCUT2D eigenvalue weighted by Crippen LogP contribution is 2.31. The van der Waals surface area contributed by atoms with Gasteiger partial charge in [0.1, 0.15) is 0 Å². The van der Waals surface area contributed by atoms with Gasteiger partial charge in [-0.1, -0.05) is 12.2 Å². The number of hydrogen-bond donors (Lipinski definition) is 0. The van der Waals surface area contributed by atoms with Gasteiger partial charge in [-0.05, 0) is 12.2 Å². The highest BCUT2D eigenvalue weighted by molar-refractivity contribution is 5.77. The fourth-order valence-electron chi connectivity index (χ4n) is 1.98. The maximum absolute atomic E-state index is 12.5. The molecule has 2 heterocycles. The Morgan fingerprint density at radius 2 is 1.43 bits per heavy atom. The molecule has 2 aliphatic rings. The Balaban J connectivity index is 1.94. The molecule has 0 radical (unpaired) electrons. The quantitative estimate of drug-likeness (QED) is 0.438. The van der Waals surface area contributed by atoms with Gasteiger partial charge in [0.2, 0.25) is 6.29 Å². The van der Waals surface area contributed by atoms with Gasteiger partial charge >= 0.3 is 18.3 Å². The summed E-state index contributed by atoms with van der Waals surface area (Å²) < 4.78 is 89.0. The molecule has 4 unspecified atom stereocenters. The van der Waals surface area contributed by atoms with Crippen LogP contribution in [0.4, 0.5) is 26.3 Å². The lowest BCUT2D eigenvalue weighted by molar-refractivity contribution is -0.265. The molecule has 2 rings (SSSR count). The van der Waals surface area contributed by atoms with Gasteiger partial charge in [-0.25, -0.2) is 4.79 Å². The summed E-state index contributed by atoms with van der Waals surface area (Å²) >= 11 is 0. The number of alkyl halides is 6. The lowest BCUT2D eigenvalue weighted by atomic mass is 10.1. The maximum Gasteiger partial charge on any atom is 0.415 e. The second-order valence-corrected chi connectivity index (χ2v) is 4.89. The SMILES string of the molecule is O=C(OC1C=CCC(C(F)(F)F)O1)C1C=CCC(C(F)(F)F)O1. The van der Waals surface area contributed by atoms with E-state index >= 15 is 0 Å². The van der Waals surface area contributed by atoms with E-state index in [1.54, 1.807) is 0 Å². The zero-order chi connectivity index (χ0) is 17.3. The summed E-state index contributed by atoms with van der Waals surface area (Å²) in [6.07, 6.45) is -13.4. The standard InChI is InChI=1S/C13H12F6O4/c14-12(15,16)8-4-1-3-7(21-8)11(20)23-10-6-2-5-9(22-10)13(17,18)19/h1-3,6-10H,4-5H2. The molecule has 0 bridgehead atoms. The van der Waals surface area contributed by atoms with E-state index in [1.165, 1.54) is 0 Å². The van der Waals surface area contributed by atoms with Crippen LogP contribution in [0.15, 0.2) is 24.3 Å². The van der Waals surface area contributed by atoms with Crippen molar-refractivity contribution in [2.24, 2.45) is 0 Å². The minimum absolute atomic E-state index is 0.437. The van der Waals surface area contributed by atoms with Crippen molar-refractivity contribution in [2.75, 3.05) is 0 Å². The number of hydrogen-bond acceptors (Lipinski definition) is 4. The molecule has 4 atom stereocenters. The third kappa shape index (κ3) is 4.71. The third-order valence-electron chi connectivity index (χ3n) is 3.11. The van der Waals surface area contributed by atoms with Crippen LogP contribution in [-0.4, -0.2) is 42.9 Å². The first-order valence-corrected chi connectivity index (χ1v) is 6.55. The van der Waals surface area contributed by atoms with Crippen LogP contribution in [0.2, 0.25) is 0 Å². The lowest BCUT2D eigenvalue weighted by Gasteiger charge is -2.30. The Bertz CT molecular complexity index is 496. The summed E-state index contributed by atoms with van der Waals surface area (Å²) in [7, 11) is 0. The average Bonchev–Trinajstić information content (AvgIpc) is 2.46. The molecule has 2 aliphatic heterocycles. The molecule has 0 aliphatic carbocycles. The molecule has 130 valence electrons. The van der Waals surface area contributed by atoms with Gasteiger partial charge in [0.05, 0.1) is 0 Å². The highest BCUT2D eigenvalue weighted by Gasteiger charge is 2.45. The van der Waals surface area contributed by atoms with Crippen molar-refractivity contribution < 1.29 is 45.3 Å². The molecule has 0 amide bonds. The molecule has 0 aromatic rings. The number of esters is 1. The first-order valence-electron chi connectivity index (χ1n) is 6.55. The molecule has 0 aromatic heterocycles. The largest absolute Gasteiger partial charge is 0.430 e.